The molecular formula is C21H26N2O3S. The highest BCUT2D eigenvalue weighted by Crippen LogP contribution is 2.27. The highest BCUT2D eigenvalue weighted by atomic mass is 32.2. The van der Waals surface area contributed by atoms with Crippen LogP contribution in [-0.2, 0) is 21.4 Å². The molecule has 1 amide bonds. The number of carbonyl (C=O) groups is 1. The van der Waals surface area contributed by atoms with E-state index in [9.17, 15) is 13.2 Å². The molecular weight excluding hydrogens is 360 g/mol. The molecule has 1 aliphatic rings. The Bertz CT molecular complexity index is 864. The summed E-state index contributed by atoms with van der Waals surface area (Å²) in [6, 6.07) is 16.3. The van der Waals surface area contributed by atoms with Crippen LogP contribution in [0.2, 0.25) is 0 Å². The first-order valence-electron chi connectivity index (χ1n) is 9.36. The summed E-state index contributed by atoms with van der Waals surface area (Å²) >= 11 is 0. The van der Waals surface area contributed by atoms with Crippen LogP contribution in [0, 0.1) is 6.92 Å². The number of rotatable bonds is 6. The average Bonchev–Trinajstić information content (AvgIpc) is 2.68. The van der Waals surface area contributed by atoms with Crippen molar-refractivity contribution in [3.8, 4) is 0 Å². The third kappa shape index (κ3) is 4.96. The number of nitrogens with zero attached hydrogens (tertiary/aromatic N) is 1. The van der Waals surface area contributed by atoms with Gasteiger partial charge in [0.25, 0.3) is 0 Å². The maximum atomic E-state index is 13.1. The average molecular weight is 387 g/mol. The van der Waals surface area contributed by atoms with Crippen LogP contribution in [0.1, 0.15) is 36.8 Å². The third-order valence-electron chi connectivity index (χ3n) is 4.95. The van der Waals surface area contributed by atoms with E-state index in [1.54, 1.807) is 24.3 Å². The Labute approximate surface area is 161 Å². The molecule has 1 aliphatic heterocycles. The van der Waals surface area contributed by atoms with E-state index in [0.29, 0.717) is 24.4 Å². The quantitative estimate of drug-likeness (QED) is 0.829. The minimum atomic E-state index is -3.59. The molecule has 2 aromatic rings. The van der Waals surface area contributed by atoms with Crippen LogP contribution < -0.4 is 5.32 Å². The molecule has 1 heterocycles. The maximum absolute atomic E-state index is 13.1. The van der Waals surface area contributed by atoms with E-state index >= 15 is 0 Å². The molecule has 27 heavy (non-hydrogen) atoms. The molecule has 0 unspecified atom stereocenters. The molecule has 0 saturated carbocycles. The summed E-state index contributed by atoms with van der Waals surface area (Å²) in [6.07, 6.45) is 2.67. The molecule has 0 radical (unpaired) electrons. The van der Waals surface area contributed by atoms with Crippen LogP contribution in [-0.4, -0.2) is 31.2 Å². The van der Waals surface area contributed by atoms with Gasteiger partial charge >= 0.3 is 0 Å². The second kappa shape index (κ2) is 8.67. The molecule has 3 rings (SSSR count). The first-order chi connectivity index (χ1) is 13.0. The molecule has 1 fully saturated rings. The Kier molecular flexibility index (Phi) is 6.29. The normalized spacial score (nSPS) is 18.2. The standard InChI is InChI=1S/C21H26N2O3S/c1-17-10-12-20(13-11-17)27(25,26)23-14-6-5-9-19(23)15-21(24)22-16-18-7-3-2-4-8-18/h2-4,7-8,10-13,19H,5-6,9,14-16H2,1H3,(H,22,24)/t19-/m0/s1. The second-order valence-corrected chi connectivity index (χ2v) is 8.94. The van der Waals surface area contributed by atoms with Gasteiger partial charge in [-0.1, -0.05) is 54.4 Å². The van der Waals surface area contributed by atoms with Crippen LogP contribution in [0.15, 0.2) is 59.5 Å². The third-order valence-corrected chi connectivity index (χ3v) is 6.92. The summed E-state index contributed by atoms with van der Waals surface area (Å²) in [5.41, 5.74) is 2.04. The van der Waals surface area contributed by atoms with Crippen molar-refractivity contribution in [3.05, 3.63) is 65.7 Å². The lowest BCUT2D eigenvalue weighted by Crippen LogP contribution is -2.45. The van der Waals surface area contributed by atoms with Gasteiger partial charge in [0.15, 0.2) is 0 Å². The van der Waals surface area contributed by atoms with Crippen molar-refractivity contribution in [2.45, 2.75) is 50.1 Å². The van der Waals surface area contributed by atoms with Gasteiger partial charge in [0.1, 0.15) is 0 Å². The maximum Gasteiger partial charge on any atom is 0.243 e. The Hall–Kier alpha value is -2.18. The minimum Gasteiger partial charge on any atom is -0.352 e. The molecule has 6 heteroatoms. The van der Waals surface area contributed by atoms with E-state index in [0.717, 1.165) is 24.0 Å². The number of aryl methyl sites for hydroxylation is 1. The van der Waals surface area contributed by atoms with E-state index in [1.165, 1.54) is 4.31 Å². The van der Waals surface area contributed by atoms with Crippen molar-refractivity contribution in [2.24, 2.45) is 0 Å². The number of amides is 1. The lowest BCUT2D eigenvalue weighted by atomic mass is 10.0. The monoisotopic (exact) mass is 386 g/mol. The Balaban J connectivity index is 1.67. The van der Waals surface area contributed by atoms with Crippen molar-refractivity contribution in [3.63, 3.8) is 0 Å². The summed E-state index contributed by atoms with van der Waals surface area (Å²) in [7, 11) is -3.59. The molecule has 0 aromatic heterocycles. The summed E-state index contributed by atoms with van der Waals surface area (Å²) in [6.45, 7) is 2.85. The number of sulfonamides is 1. The molecule has 1 N–H and O–H groups in total. The molecule has 1 atom stereocenters. The van der Waals surface area contributed by atoms with Crippen LogP contribution in [0.5, 0.6) is 0 Å². The number of carbonyl (C=O) groups excluding carboxylic acids is 1. The predicted octanol–water partition coefficient (Wildman–Crippen LogP) is 3.24. The Morgan fingerprint density at radius 2 is 1.78 bits per heavy atom. The minimum absolute atomic E-state index is 0.116. The van der Waals surface area contributed by atoms with Crippen LogP contribution in [0.25, 0.3) is 0 Å². The smallest absolute Gasteiger partial charge is 0.243 e. The Morgan fingerprint density at radius 1 is 1.07 bits per heavy atom. The van der Waals surface area contributed by atoms with Gasteiger partial charge in [0, 0.05) is 25.6 Å². The van der Waals surface area contributed by atoms with E-state index in [4.69, 9.17) is 0 Å². The van der Waals surface area contributed by atoms with Gasteiger partial charge < -0.3 is 5.32 Å². The van der Waals surface area contributed by atoms with E-state index < -0.39 is 10.0 Å². The van der Waals surface area contributed by atoms with Gasteiger partial charge in [-0.15, -0.1) is 0 Å². The van der Waals surface area contributed by atoms with Crippen LogP contribution >= 0.6 is 0 Å². The molecule has 2 aromatic carbocycles. The number of nitrogens with one attached hydrogen (secondary N) is 1. The van der Waals surface area contributed by atoms with Crippen molar-refractivity contribution in [2.75, 3.05) is 6.54 Å². The molecule has 0 spiro atoms. The fourth-order valence-electron chi connectivity index (χ4n) is 3.42. The van der Waals surface area contributed by atoms with Gasteiger partial charge in [-0.2, -0.15) is 4.31 Å². The lowest BCUT2D eigenvalue weighted by molar-refractivity contribution is -0.122. The van der Waals surface area contributed by atoms with Crippen molar-refractivity contribution in [1.29, 1.82) is 0 Å². The zero-order chi connectivity index (χ0) is 19.3. The molecule has 0 aliphatic carbocycles. The van der Waals surface area contributed by atoms with Gasteiger partial charge in [0.05, 0.1) is 4.90 Å². The highest BCUT2D eigenvalue weighted by Gasteiger charge is 2.34. The molecule has 5 nitrogen and oxygen atoms in total. The molecule has 1 saturated heterocycles. The first-order valence-corrected chi connectivity index (χ1v) is 10.8. The SMILES string of the molecule is Cc1ccc(S(=O)(=O)N2CCCC[C@H]2CC(=O)NCc2ccccc2)cc1. The molecule has 144 valence electrons. The zero-order valence-electron chi connectivity index (χ0n) is 15.6. The van der Waals surface area contributed by atoms with E-state index in [1.807, 2.05) is 37.3 Å². The van der Waals surface area contributed by atoms with E-state index in [-0.39, 0.29) is 18.4 Å². The number of benzene rings is 2. The van der Waals surface area contributed by atoms with Gasteiger partial charge in [-0.05, 0) is 37.5 Å². The summed E-state index contributed by atoms with van der Waals surface area (Å²) < 4.78 is 27.6. The fourth-order valence-corrected chi connectivity index (χ4v) is 5.12. The predicted molar refractivity (Wildman–Crippen MR) is 106 cm³/mol. The number of hydrogen-bond acceptors (Lipinski definition) is 3. The number of piperidine rings is 1. The lowest BCUT2D eigenvalue weighted by Gasteiger charge is -2.34. The summed E-state index contributed by atoms with van der Waals surface area (Å²) in [5.74, 6) is -0.116. The van der Waals surface area contributed by atoms with Gasteiger partial charge in [-0.3, -0.25) is 4.79 Å². The highest BCUT2D eigenvalue weighted by molar-refractivity contribution is 7.89. The summed E-state index contributed by atoms with van der Waals surface area (Å²) in [4.78, 5) is 12.7. The van der Waals surface area contributed by atoms with Crippen LogP contribution in [0.3, 0.4) is 0 Å². The van der Waals surface area contributed by atoms with Crippen molar-refractivity contribution < 1.29 is 13.2 Å². The molecule has 0 bridgehead atoms. The Morgan fingerprint density at radius 3 is 2.48 bits per heavy atom. The zero-order valence-corrected chi connectivity index (χ0v) is 16.4. The van der Waals surface area contributed by atoms with Crippen LogP contribution in [0.4, 0.5) is 0 Å². The van der Waals surface area contributed by atoms with Crippen molar-refractivity contribution >= 4 is 15.9 Å². The topological polar surface area (TPSA) is 66.5 Å². The van der Waals surface area contributed by atoms with E-state index in [2.05, 4.69) is 5.32 Å². The fraction of sp³-hybridized carbons (Fsp3) is 0.381. The van der Waals surface area contributed by atoms with Crippen molar-refractivity contribution in [1.82, 2.24) is 9.62 Å². The van der Waals surface area contributed by atoms with Gasteiger partial charge in [-0.25, -0.2) is 8.42 Å². The summed E-state index contributed by atoms with van der Waals surface area (Å²) in [5, 5.41) is 2.91. The largest absolute Gasteiger partial charge is 0.352 e. The second-order valence-electron chi connectivity index (χ2n) is 7.04. The van der Waals surface area contributed by atoms with Gasteiger partial charge in [0.2, 0.25) is 15.9 Å². The number of hydrogen-bond donors (Lipinski definition) is 1. The first kappa shape index (κ1) is 19.6.